The molecule has 9 heteroatoms. The molecule has 0 aromatic heterocycles. The zero-order valence-corrected chi connectivity index (χ0v) is 27.3. The molecule has 1 aliphatic rings. The molecule has 0 bridgehead atoms. The summed E-state index contributed by atoms with van der Waals surface area (Å²) in [5.41, 5.74) is 8.35. The molecule has 46 heavy (non-hydrogen) atoms. The molecule has 238 valence electrons. The van der Waals surface area contributed by atoms with Gasteiger partial charge in [-0.3, -0.25) is 10.2 Å². The molecule has 0 saturated heterocycles. The Morgan fingerprint density at radius 1 is 1.00 bits per heavy atom. The number of aliphatic hydroxyl groups excluding tert-OH is 1. The van der Waals surface area contributed by atoms with Crippen LogP contribution in [0, 0.1) is 0 Å². The van der Waals surface area contributed by atoms with Crippen LogP contribution in [0.4, 0.5) is 0 Å². The maximum absolute atomic E-state index is 14.3. The van der Waals surface area contributed by atoms with Crippen molar-refractivity contribution in [3.8, 4) is 11.5 Å². The average molecular weight is 685 g/mol. The second-order valence-corrected chi connectivity index (χ2v) is 11.7. The van der Waals surface area contributed by atoms with Crippen LogP contribution in [0.1, 0.15) is 41.2 Å². The Labute approximate surface area is 278 Å². The van der Waals surface area contributed by atoms with Gasteiger partial charge in [0, 0.05) is 36.0 Å². The highest BCUT2D eigenvalue weighted by atomic mass is 79.9. The number of hydrazine groups is 1. The normalized spacial score (nSPS) is 17.4. The Morgan fingerprint density at radius 2 is 1.74 bits per heavy atom. The minimum Gasteiger partial charge on any atom is -0.496 e. The number of nitrogens with one attached hydrogen (secondary N) is 2. The summed E-state index contributed by atoms with van der Waals surface area (Å²) >= 11 is 3.52. The van der Waals surface area contributed by atoms with Gasteiger partial charge in [-0.2, -0.15) is 0 Å². The van der Waals surface area contributed by atoms with E-state index >= 15 is 0 Å². The molecule has 1 aliphatic heterocycles. The molecule has 1 heterocycles. The van der Waals surface area contributed by atoms with Crippen LogP contribution in [0.2, 0.25) is 0 Å². The lowest BCUT2D eigenvalue weighted by atomic mass is 9.84. The maximum Gasteiger partial charge on any atom is 0.266 e. The van der Waals surface area contributed by atoms with Crippen molar-refractivity contribution in [1.82, 2.24) is 10.9 Å². The van der Waals surface area contributed by atoms with Gasteiger partial charge in [0.25, 0.3) is 5.91 Å². The number of amides is 1. The van der Waals surface area contributed by atoms with Crippen LogP contribution in [-0.2, 0) is 16.0 Å². The van der Waals surface area contributed by atoms with Crippen molar-refractivity contribution in [2.75, 3.05) is 26.9 Å². The summed E-state index contributed by atoms with van der Waals surface area (Å²) in [5.74, 6) is 1.54. The second-order valence-electron chi connectivity index (χ2n) is 10.8. The summed E-state index contributed by atoms with van der Waals surface area (Å²) in [6.07, 6.45) is 4.76. The molecule has 8 nitrogen and oxygen atoms in total. The van der Waals surface area contributed by atoms with E-state index in [0.717, 1.165) is 32.5 Å². The molecular formula is C37H38BrN3O5. The van der Waals surface area contributed by atoms with Crippen molar-refractivity contribution in [3.05, 3.63) is 136 Å². The minimum atomic E-state index is -1.32. The number of carbonyl (C=O) groups excluding carboxylic acids is 1. The van der Waals surface area contributed by atoms with Crippen molar-refractivity contribution >= 4 is 33.8 Å². The Balaban J connectivity index is 1.45. The van der Waals surface area contributed by atoms with E-state index in [4.69, 9.17) is 24.3 Å². The molecule has 0 fully saturated rings. The standard InChI is InChI=1S/C37H38BrN3O5/c1-44-33-13-6-5-12-28(33)22-24-39-41-36(43)37(23-7-11-27-9-3-2-4-10-27)34(29-14-18-31(38)19-15-29)46-35(40-37)30-16-20-32(21-17-30)45-26-8-25-42/h2-7,9-21,34,39,42H,8,22-26H2,1H3,(H,41,43)/b11-7+/t34-,37-/m0/s1. The summed E-state index contributed by atoms with van der Waals surface area (Å²) in [6, 6.07) is 32.9. The molecule has 0 saturated carbocycles. The van der Waals surface area contributed by atoms with E-state index in [-0.39, 0.29) is 18.9 Å². The molecule has 2 atom stereocenters. The predicted octanol–water partition coefficient (Wildman–Crippen LogP) is 6.44. The number of carbonyl (C=O) groups is 1. The molecule has 4 aromatic carbocycles. The molecular weight excluding hydrogens is 646 g/mol. The van der Waals surface area contributed by atoms with Gasteiger partial charge in [0.2, 0.25) is 5.90 Å². The fraction of sp³-hybridized carbons (Fsp3) is 0.243. The molecule has 4 aromatic rings. The number of hydrogen-bond donors (Lipinski definition) is 3. The summed E-state index contributed by atoms with van der Waals surface area (Å²) in [4.78, 5) is 19.4. The van der Waals surface area contributed by atoms with Gasteiger partial charge in [-0.25, -0.2) is 10.4 Å². The number of aliphatic imine (C=N–C) groups is 1. The number of methoxy groups -OCH3 is 1. The third kappa shape index (κ3) is 8.23. The van der Waals surface area contributed by atoms with Crippen molar-refractivity contribution in [1.29, 1.82) is 0 Å². The lowest BCUT2D eigenvalue weighted by Gasteiger charge is -2.30. The first-order valence-corrected chi connectivity index (χ1v) is 16.0. The third-order valence-corrected chi connectivity index (χ3v) is 8.18. The van der Waals surface area contributed by atoms with Gasteiger partial charge in [0.1, 0.15) is 11.5 Å². The van der Waals surface area contributed by atoms with Crippen LogP contribution in [-0.4, -0.2) is 49.3 Å². The largest absolute Gasteiger partial charge is 0.496 e. The van der Waals surface area contributed by atoms with Gasteiger partial charge in [-0.15, -0.1) is 0 Å². The summed E-state index contributed by atoms with van der Waals surface area (Å²) in [7, 11) is 1.65. The van der Waals surface area contributed by atoms with E-state index in [1.807, 2.05) is 115 Å². The van der Waals surface area contributed by atoms with E-state index < -0.39 is 11.6 Å². The third-order valence-electron chi connectivity index (χ3n) is 7.66. The van der Waals surface area contributed by atoms with Gasteiger partial charge >= 0.3 is 0 Å². The van der Waals surface area contributed by atoms with Crippen LogP contribution in [0.3, 0.4) is 0 Å². The lowest BCUT2D eigenvalue weighted by molar-refractivity contribution is -0.129. The first-order chi connectivity index (χ1) is 22.5. The van der Waals surface area contributed by atoms with E-state index in [1.165, 1.54) is 0 Å². The van der Waals surface area contributed by atoms with E-state index in [9.17, 15) is 4.79 Å². The topological polar surface area (TPSA) is 101 Å². The minimum absolute atomic E-state index is 0.0678. The first kappa shape index (κ1) is 32.9. The second kappa shape index (κ2) is 16.2. The number of nitrogens with zero attached hydrogens (tertiary/aromatic N) is 1. The highest BCUT2D eigenvalue weighted by Crippen LogP contribution is 2.43. The highest BCUT2D eigenvalue weighted by Gasteiger charge is 2.52. The van der Waals surface area contributed by atoms with Gasteiger partial charge in [0.05, 0.1) is 13.7 Å². The molecule has 3 N–H and O–H groups in total. The van der Waals surface area contributed by atoms with E-state index in [1.54, 1.807) is 7.11 Å². The van der Waals surface area contributed by atoms with Gasteiger partial charge < -0.3 is 19.3 Å². The van der Waals surface area contributed by atoms with Crippen molar-refractivity contribution in [2.24, 2.45) is 4.99 Å². The Hall–Kier alpha value is -4.44. The van der Waals surface area contributed by atoms with Crippen molar-refractivity contribution < 1.29 is 24.1 Å². The van der Waals surface area contributed by atoms with Crippen LogP contribution in [0.15, 0.2) is 119 Å². The summed E-state index contributed by atoms with van der Waals surface area (Å²) in [6.45, 7) is 0.971. The van der Waals surface area contributed by atoms with Crippen LogP contribution in [0.5, 0.6) is 11.5 Å². The fourth-order valence-corrected chi connectivity index (χ4v) is 5.51. The number of hydrogen-bond acceptors (Lipinski definition) is 7. The van der Waals surface area contributed by atoms with Crippen LogP contribution in [0.25, 0.3) is 6.08 Å². The number of rotatable bonds is 15. The molecule has 0 spiro atoms. The van der Waals surface area contributed by atoms with Crippen molar-refractivity contribution in [2.45, 2.75) is 30.9 Å². The highest BCUT2D eigenvalue weighted by molar-refractivity contribution is 9.10. The predicted molar refractivity (Wildman–Crippen MR) is 184 cm³/mol. The summed E-state index contributed by atoms with van der Waals surface area (Å²) < 4.78 is 18.7. The van der Waals surface area contributed by atoms with Crippen LogP contribution >= 0.6 is 15.9 Å². The monoisotopic (exact) mass is 683 g/mol. The van der Waals surface area contributed by atoms with Gasteiger partial charge in [-0.1, -0.05) is 88.7 Å². The number of ether oxygens (including phenoxy) is 3. The maximum atomic E-state index is 14.3. The Bertz CT molecular complexity index is 1630. The smallest absolute Gasteiger partial charge is 0.266 e. The first-order valence-electron chi connectivity index (χ1n) is 15.3. The molecule has 0 radical (unpaired) electrons. The SMILES string of the molecule is COc1ccccc1CCNNC(=O)[C@@]1(C/C=C/c2ccccc2)N=C(c2ccc(OCCCO)cc2)O[C@H]1c1ccc(Br)cc1. The number of halogens is 1. The van der Waals surface area contributed by atoms with Crippen LogP contribution < -0.4 is 20.3 Å². The molecule has 0 aliphatic carbocycles. The van der Waals surface area contributed by atoms with Gasteiger partial charge in [0.15, 0.2) is 11.6 Å². The molecule has 0 unspecified atom stereocenters. The average Bonchev–Trinajstić information content (AvgIpc) is 3.48. The van der Waals surface area contributed by atoms with E-state index in [0.29, 0.717) is 37.6 Å². The number of benzene rings is 4. The quantitative estimate of drug-likeness (QED) is 0.0985. The lowest BCUT2D eigenvalue weighted by Crippen LogP contribution is -2.52. The van der Waals surface area contributed by atoms with Gasteiger partial charge in [-0.05, 0) is 65.6 Å². The zero-order chi connectivity index (χ0) is 32.2. The fourth-order valence-electron chi connectivity index (χ4n) is 5.25. The zero-order valence-electron chi connectivity index (χ0n) is 25.7. The molecule has 1 amide bonds. The summed E-state index contributed by atoms with van der Waals surface area (Å²) in [5, 5.41) is 9.07. The Kier molecular flexibility index (Phi) is 11.6. The Morgan fingerprint density at radius 3 is 2.48 bits per heavy atom. The number of aliphatic hydroxyl groups is 1. The van der Waals surface area contributed by atoms with E-state index in [2.05, 4.69) is 26.8 Å². The number of para-hydroxylation sites is 1. The molecule has 5 rings (SSSR count). The van der Waals surface area contributed by atoms with Crippen molar-refractivity contribution in [3.63, 3.8) is 0 Å².